The van der Waals surface area contributed by atoms with Crippen molar-refractivity contribution < 1.29 is 18.9 Å². The van der Waals surface area contributed by atoms with Crippen molar-refractivity contribution in [3.05, 3.63) is 54.6 Å². The summed E-state index contributed by atoms with van der Waals surface area (Å²) in [6.07, 6.45) is 0. The zero-order valence-electron chi connectivity index (χ0n) is 9.85. The Morgan fingerprint density at radius 2 is 1.47 bits per heavy atom. The number of hydrogen-bond acceptors (Lipinski definition) is 2. The van der Waals surface area contributed by atoms with Gasteiger partial charge in [0, 0.05) is 5.39 Å². The fourth-order valence-corrected chi connectivity index (χ4v) is 2.56. The molecule has 0 atom stereocenters. The minimum Gasteiger partial charge on any atom is -0.404 e. The molecule has 5 heteroatoms. The predicted octanol–water partition coefficient (Wildman–Crippen LogP) is 3.46. The number of hydrogen-bond donors (Lipinski definition) is 2. The summed E-state index contributed by atoms with van der Waals surface area (Å²) < 4.78 is 15.7. The number of phosphoric ester groups is 1. The maximum atomic E-state index is 11.0. The van der Waals surface area contributed by atoms with Crippen LogP contribution in [0.25, 0.3) is 21.5 Å². The average Bonchev–Trinajstić information content (AvgIpc) is 2.35. The highest BCUT2D eigenvalue weighted by molar-refractivity contribution is 7.46. The third-order valence-electron chi connectivity index (χ3n) is 2.92. The summed E-state index contributed by atoms with van der Waals surface area (Å²) >= 11 is 0. The Morgan fingerprint density at radius 3 is 2.16 bits per heavy atom. The molecule has 0 radical (unpaired) electrons. The van der Waals surface area contributed by atoms with Gasteiger partial charge in [-0.3, -0.25) is 9.79 Å². The number of benzene rings is 3. The molecule has 0 fully saturated rings. The summed E-state index contributed by atoms with van der Waals surface area (Å²) in [6, 6.07) is 16.8. The van der Waals surface area contributed by atoms with E-state index in [0.29, 0.717) is 5.39 Å². The summed E-state index contributed by atoms with van der Waals surface area (Å²) in [5.41, 5.74) is 0. The summed E-state index contributed by atoms with van der Waals surface area (Å²) in [7, 11) is -4.55. The van der Waals surface area contributed by atoms with Crippen LogP contribution in [-0.4, -0.2) is 9.79 Å². The molecule has 0 aliphatic heterocycles. The van der Waals surface area contributed by atoms with E-state index in [-0.39, 0.29) is 5.75 Å². The first-order chi connectivity index (χ1) is 9.03. The van der Waals surface area contributed by atoms with Crippen LogP contribution in [0.4, 0.5) is 0 Å². The molecule has 96 valence electrons. The van der Waals surface area contributed by atoms with Gasteiger partial charge in [0.05, 0.1) is 0 Å². The lowest BCUT2D eigenvalue weighted by atomic mass is 10.0. The van der Waals surface area contributed by atoms with Crippen LogP contribution in [-0.2, 0) is 4.57 Å². The van der Waals surface area contributed by atoms with Crippen molar-refractivity contribution in [3.63, 3.8) is 0 Å². The first-order valence-corrected chi connectivity index (χ1v) is 7.23. The monoisotopic (exact) mass is 274 g/mol. The second kappa shape index (κ2) is 4.35. The van der Waals surface area contributed by atoms with Gasteiger partial charge in [0.2, 0.25) is 0 Å². The van der Waals surface area contributed by atoms with Crippen LogP contribution in [0.2, 0.25) is 0 Å². The second-order valence-corrected chi connectivity index (χ2v) is 5.42. The maximum Gasteiger partial charge on any atom is 0.524 e. The van der Waals surface area contributed by atoms with Crippen LogP contribution >= 0.6 is 7.82 Å². The van der Waals surface area contributed by atoms with Crippen LogP contribution in [0.15, 0.2) is 54.6 Å². The van der Waals surface area contributed by atoms with E-state index in [1.54, 1.807) is 12.1 Å². The van der Waals surface area contributed by atoms with Gasteiger partial charge in [-0.25, -0.2) is 4.57 Å². The molecule has 3 aromatic carbocycles. The molecule has 3 aromatic rings. The summed E-state index contributed by atoms with van der Waals surface area (Å²) in [6.45, 7) is 0. The minimum absolute atomic E-state index is 0.191. The van der Waals surface area contributed by atoms with Crippen molar-refractivity contribution in [1.29, 1.82) is 0 Å². The van der Waals surface area contributed by atoms with Crippen LogP contribution < -0.4 is 4.52 Å². The largest absolute Gasteiger partial charge is 0.524 e. The van der Waals surface area contributed by atoms with E-state index in [1.165, 1.54) is 0 Å². The van der Waals surface area contributed by atoms with Gasteiger partial charge in [-0.05, 0) is 34.4 Å². The molecule has 0 aliphatic rings. The molecule has 2 N–H and O–H groups in total. The third kappa shape index (κ3) is 2.47. The average molecular weight is 274 g/mol. The molecule has 0 heterocycles. The molecule has 3 rings (SSSR count). The van der Waals surface area contributed by atoms with E-state index in [4.69, 9.17) is 14.3 Å². The molecular formula is C14H11O4P. The summed E-state index contributed by atoms with van der Waals surface area (Å²) in [5, 5.41) is 3.63. The van der Waals surface area contributed by atoms with Crippen molar-refractivity contribution in [2.75, 3.05) is 0 Å². The minimum atomic E-state index is -4.55. The first-order valence-electron chi connectivity index (χ1n) is 5.70. The Labute approximate surface area is 109 Å². The van der Waals surface area contributed by atoms with E-state index in [1.807, 2.05) is 42.5 Å². The Hall–Kier alpha value is -1.87. The standard InChI is InChI=1S/C14H11O4P/c15-19(16,17)18-14-7-3-6-12-8-10-4-1-2-5-11(10)9-13(12)14/h1-9H,(H2,15,16,17). The van der Waals surface area contributed by atoms with E-state index in [9.17, 15) is 4.57 Å². The fraction of sp³-hybridized carbons (Fsp3) is 0. The number of rotatable bonds is 2. The van der Waals surface area contributed by atoms with Crippen LogP contribution in [0.1, 0.15) is 0 Å². The highest BCUT2D eigenvalue weighted by Crippen LogP contribution is 2.41. The molecule has 0 saturated carbocycles. The highest BCUT2D eigenvalue weighted by atomic mass is 31.2. The lowest BCUT2D eigenvalue weighted by Crippen LogP contribution is -1.91. The van der Waals surface area contributed by atoms with Crippen molar-refractivity contribution >= 4 is 29.4 Å². The van der Waals surface area contributed by atoms with Crippen molar-refractivity contribution in [3.8, 4) is 5.75 Å². The van der Waals surface area contributed by atoms with Gasteiger partial charge in [0.15, 0.2) is 0 Å². The lowest BCUT2D eigenvalue weighted by Gasteiger charge is -2.10. The van der Waals surface area contributed by atoms with E-state index in [0.717, 1.165) is 16.2 Å². The molecule has 0 spiro atoms. The number of phosphoric acid groups is 1. The molecule has 0 amide bonds. The van der Waals surface area contributed by atoms with Crippen LogP contribution in [0.5, 0.6) is 5.75 Å². The highest BCUT2D eigenvalue weighted by Gasteiger charge is 2.17. The van der Waals surface area contributed by atoms with E-state index in [2.05, 4.69) is 0 Å². The molecule has 4 nitrogen and oxygen atoms in total. The van der Waals surface area contributed by atoms with Gasteiger partial charge in [-0.1, -0.05) is 36.4 Å². The van der Waals surface area contributed by atoms with E-state index >= 15 is 0 Å². The van der Waals surface area contributed by atoms with Gasteiger partial charge in [0.1, 0.15) is 5.75 Å². The summed E-state index contributed by atoms with van der Waals surface area (Å²) in [5.74, 6) is 0.191. The Kier molecular flexibility index (Phi) is 2.79. The van der Waals surface area contributed by atoms with Gasteiger partial charge < -0.3 is 4.52 Å². The molecule has 0 aromatic heterocycles. The first kappa shape index (κ1) is 12.2. The third-order valence-corrected chi connectivity index (χ3v) is 3.36. The maximum absolute atomic E-state index is 11.0. The molecule has 0 aliphatic carbocycles. The van der Waals surface area contributed by atoms with Gasteiger partial charge >= 0.3 is 7.82 Å². The molecule has 0 bridgehead atoms. The molecule has 0 saturated heterocycles. The Bertz CT molecular complexity index is 807. The topological polar surface area (TPSA) is 66.8 Å². The second-order valence-electron chi connectivity index (χ2n) is 4.26. The fourth-order valence-electron chi connectivity index (χ4n) is 2.15. The van der Waals surface area contributed by atoms with Gasteiger partial charge in [-0.15, -0.1) is 0 Å². The van der Waals surface area contributed by atoms with Crippen molar-refractivity contribution in [2.45, 2.75) is 0 Å². The lowest BCUT2D eigenvalue weighted by molar-refractivity contribution is 0.284. The van der Waals surface area contributed by atoms with Crippen LogP contribution in [0.3, 0.4) is 0 Å². The van der Waals surface area contributed by atoms with Gasteiger partial charge in [0.25, 0.3) is 0 Å². The predicted molar refractivity (Wildman–Crippen MR) is 74.1 cm³/mol. The molecule has 0 unspecified atom stereocenters. The number of fused-ring (bicyclic) bond motifs is 2. The van der Waals surface area contributed by atoms with Gasteiger partial charge in [-0.2, -0.15) is 0 Å². The molecular weight excluding hydrogens is 263 g/mol. The Morgan fingerprint density at radius 1 is 0.842 bits per heavy atom. The van der Waals surface area contributed by atoms with E-state index < -0.39 is 7.82 Å². The zero-order valence-corrected chi connectivity index (χ0v) is 10.7. The normalized spacial score (nSPS) is 11.9. The van der Waals surface area contributed by atoms with Crippen molar-refractivity contribution in [2.24, 2.45) is 0 Å². The zero-order chi connectivity index (χ0) is 13.5. The Balaban J connectivity index is 2.29. The smallest absolute Gasteiger partial charge is 0.404 e. The van der Waals surface area contributed by atoms with Crippen LogP contribution in [0, 0.1) is 0 Å². The van der Waals surface area contributed by atoms with Crippen molar-refractivity contribution in [1.82, 2.24) is 0 Å². The SMILES string of the molecule is O=P(O)(O)Oc1cccc2cc3ccccc3cc12. The molecule has 19 heavy (non-hydrogen) atoms. The quantitative estimate of drug-likeness (QED) is 0.554. The summed E-state index contributed by atoms with van der Waals surface area (Å²) in [4.78, 5) is 17.9.